The number of hydrogen-bond donors (Lipinski definition) is 2. The Morgan fingerprint density at radius 3 is 2.43 bits per heavy atom. The molecule has 37 heavy (non-hydrogen) atoms. The van der Waals surface area contributed by atoms with E-state index in [0.717, 1.165) is 61.5 Å². The molecule has 2 fully saturated rings. The van der Waals surface area contributed by atoms with Crippen LogP contribution in [0.1, 0.15) is 47.5 Å². The van der Waals surface area contributed by atoms with Gasteiger partial charge in [-0.2, -0.15) is 5.10 Å². The summed E-state index contributed by atoms with van der Waals surface area (Å²) < 4.78 is 0. The van der Waals surface area contributed by atoms with Gasteiger partial charge in [0.25, 0.3) is 5.91 Å². The number of hydrazine groups is 1. The van der Waals surface area contributed by atoms with E-state index < -0.39 is 0 Å². The number of aromatic amines is 1. The number of H-pyrrole nitrogens is 1. The number of nitrogens with zero attached hydrogens (tertiary/aromatic N) is 5. The van der Waals surface area contributed by atoms with Crippen molar-refractivity contribution in [2.24, 2.45) is 0 Å². The number of piperidine rings is 1. The molecule has 3 amide bonds. The fourth-order valence-electron chi connectivity index (χ4n) is 5.70. The smallest absolute Gasteiger partial charge is 0.324 e. The number of fused-ring (bicyclic) bond motifs is 1. The van der Waals surface area contributed by atoms with E-state index in [1.54, 1.807) is 0 Å². The van der Waals surface area contributed by atoms with E-state index in [1.165, 1.54) is 6.42 Å². The fourth-order valence-corrected chi connectivity index (χ4v) is 5.70. The maximum absolute atomic E-state index is 13.6. The second-order valence-corrected chi connectivity index (χ2v) is 10.1. The topological polar surface area (TPSA) is 87.8 Å². The molecule has 2 aromatic carbocycles. The van der Waals surface area contributed by atoms with Gasteiger partial charge in [0.1, 0.15) is 0 Å². The number of aromatic nitrogens is 2. The van der Waals surface area contributed by atoms with E-state index in [-0.39, 0.29) is 11.9 Å². The molecule has 0 aliphatic carbocycles. The van der Waals surface area contributed by atoms with Gasteiger partial charge in [-0.3, -0.25) is 20.2 Å². The highest BCUT2D eigenvalue weighted by Crippen LogP contribution is 2.39. The number of carbonyl (C=O) groups excluding carboxylic acids is 2. The van der Waals surface area contributed by atoms with Crippen molar-refractivity contribution in [1.29, 1.82) is 0 Å². The van der Waals surface area contributed by atoms with Gasteiger partial charge in [0.05, 0.1) is 17.6 Å². The molecule has 3 aromatic rings. The summed E-state index contributed by atoms with van der Waals surface area (Å²) >= 11 is 0. The summed E-state index contributed by atoms with van der Waals surface area (Å²) in [5.41, 5.74) is 7.77. The maximum atomic E-state index is 13.6. The molecule has 0 bridgehead atoms. The molecule has 4 heterocycles. The highest BCUT2D eigenvalue weighted by Gasteiger charge is 2.34. The minimum Gasteiger partial charge on any atom is -0.338 e. The maximum Gasteiger partial charge on any atom is 0.324 e. The van der Waals surface area contributed by atoms with E-state index in [4.69, 9.17) is 0 Å². The Labute approximate surface area is 217 Å². The normalized spacial score (nSPS) is 20.1. The fraction of sp³-hybridized carbons (Fsp3) is 0.393. The van der Waals surface area contributed by atoms with E-state index in [9.17, 15) is 9.59 Å². The van der Waals surface area contributed by atoms with Gasteiger partial charge in [0, 0.05) is 62.6 Å². The molecular formula is C28H33N7O2. The van der Waals surface area contributed by atoms with Gasteiger partial charge < -0.3 is 9.80 Å². The van der Waals surface area contributed by atoms with Crippen LogP contribution in [0.15, 0.2) is 60.9 Å². The predicted molar refractivity (Wildman–Crippen MR) is 143 cm³/mol. The van der Waals surface area contributed by atoms with Crippen LogP contribution in [0.5, 0.6) is 0 Å². The number of benzene rings is 2. The van der Waals surface area contributed by atoms with Gasteiger partial charge in [-0.15, -0.1) is 0 Å². The van der Waals surface area contributed by atoms with E-state index in [0.29, 0.717) is 31.1 Å². The molecule has 1 aromatic heterocycles. The Kier molecular flexibility index (Phi) is 6.53. The lowest BCUT2D eigenvalue weighted by molar-refractivity contribution is 0.0750. The number of amides is 3. The van der Waals surface area contributed by atoms with Crippen LogP contribution in [0.2, 0.25) is 0 Å². The number of anilines is 3. The summed E-state index contributed by atoms with van der Waals surface area (Å²) in [4.78, 5) is 32.4. The number of para-hydroxylation sites is 2. The lowest BCUT2D eigenvalue weighted by Crippen LogP contribution is -2.48. The van der Waals surface area contributed by atoms with Crippen molar-refractivity contribution >= 4 is 29.0 Å². The Hall–Kier alpha value is -3.85. The first-order chi connectivity index (χ1) is 18.2. The lowest BCUT2D eigenvalue weighted by atomic mass is 10.0. The van der Waals surface area contributed by atoms with Crippen LogP contribution in [0, 0.1) is 0 Å². The third-order valence-corrected chi connectivity index (χ3v) is 7.75. The van der Waals surface area contributed by atoms with Crippen molar-refractivity contribution in [3.63, 3.8) is 0 Å². The minimum atomic E-state index is -0.0661. The standard InChI is InChI=1S/C28H33N7O2/c36-27(31-33-13-4-1-5-14-33)21-8-10-24(11-9-21)34-16-17-35(26-7-3-2-6-25(26)34)28(37)32-15-12-22(20-32)23-18-29-30-19-23/h2-3,6-11,18-19,22H,1,4-5,12-17,20H2,(H,29,30)(H,31,36). The first kappa shape index (κ1) is 23.5. The minimum absolute atomic E-state index is 0.0582. The number of hydrogen-bond acceptors (Lipinski definition) is 5. The van der Waals surface area contributed by atoms with E-state index >= 15 is 0 Å². The first-order valence-corrected chi connectivity index (χ1v) is 13.2. The van der Waals surface area contributed by atoms with Gasteiger partial charge in [-0.25, -0.2) is 9.80 Å². The van der Waals surface area contributed by atoms with Crippen LogP contribution in [0.4, 0.5) is 21.9 Å². The average Bonchev–Trinajstić information content (AvgIpc) is 3.66. The average molecular weight is 500 g/mol. The van der Waals surface area contributed by atoms with Gasteiger partial charge in [0.15, 0.2) is 0 Å². The highest BCUT2D eigenvalue weighted by molar-refractivity contribution is 5.98. The molecule has 0 radical (unpaired) electrons. The van der Waals surface area contributed by atoms with Crippen LogP contribution in [-0.4, -0.2) is 71.3 Å². The Morgan fingerprint density at radius 1 is 0.892 bits per heavy atom. The molecule has 9 nitrogen and oxygen atoms in total. The number of rotatable bonds is 4. The largest absolute Gasteiger partial charge is 0.338 e. The van der Waals surface area contributed by atoms with Crippen molar-refractivity contribution in [2.45, 2.75) is 31.6 Å². The molecule has 2 saturated heterocycles. The Bertz CT molecular complexity index is 1240. The predicted octanol–water partition coefficient (Wildman–Crippen LogP) is 4.11. The summed E-state index contributed by atoms with van der Waals surface area (Å²) in [6.07, 6.45) is 8.20. The third kappa shape index (κ3) is 4.79. The summed E-state index contributed by atoms with van der Waals surface area (Å²) in [7, 11) is 0. The van der Waals surface area contributed by atoms with Crippen molar-refractivity contribution in [2.75, 3.05) is 49.1 Å². The third-order valence-electron chi connectivity index (χ3n) is 7.75. The molecular weight excluding hydrogens is 466 g/mol. The molecule has 192 valence electrons. The van der Waals surface area contributed by atoms with Gasteiger partial charge in [-0.1, -0.05) is 18.6 Å². The summed E-state index contributed by atoms with van der Waals surface area (Å²) in [5.74, 6) is 0.258. The molecule has 3 aliphatic heterocycles. The zero-order valence-electron chi connectivity index (χ0n) is 21.0. The summed E-state index contributed by atoms with van der Waals surface area (Å²) in [6.45, 7) is 4.55. The van der Waals surface area contributed by atoms with Crippen molar-refractivity contribution in [3.05, 3.63) is 72.1 Å². The molecule has 1 atom stereocenters. The molecule has 9 heteroatoms. The van der Waals surface area contributed by atoms with Crippen LogP contribution < -0.4 is 15.2 Å². The second kappa shape index (κ2) is 10.3. The van der Waals surface area contributed by atoms with Crippen LogP contribution in [-0.2, 0) is 0 Å². The molecule has 6 rings (SSSR count). The van der Waals surface area contributed by atoms with Crippen molar-refractivity contribution in [3.8, 4) is 0 Å². The van der Waals surface area contributed by atoms with Gasteiger partial charge in [-0.05, 0) is 61.2 Å². The zero-order valence-corrected chi connectivity index (χ0v) is 21.0. The quantitative estimate of drug-likeness (QED) is 0.564. The van der Waals surface area contributed by atoms with Gasteiger partial charge >= 0.3 is 6.03 Å². The Morgan fingerprint density at radius 2 is 1.68 bits per heavy atom. The molecule has 0 spiro atoms. The second-order valence-electron chi connectivity index (χ2n) is 10.1. The number of likely N-dealkylation sites (tertiary alicyclic amines) is 1. The SMILES string of the molecule is O=C(NN1CCCCC1)c1ccc(N2CCN(C(=O)N3CCC(c4cn[nH]c4)C3)c3ccccc32)cc1. The van der Waals surface area contributed by atoms with Crippen molar-refractivity contribution in [1.82, 2.24) is 25.5 Å². The summed E-state index contributed by atoms with van der Waals surface area (Å²) in [5, 5.41) is 8.97. The molecule has 1 unspecified atom stereocenters. The molecule has 0 saturated carbocycles. The monoisotopic (exact) mass is 499 g/mol. The van der Waals surface area contributed by atoms with Gasteiger partial charge in [0.2, 0.25) is 0 Å². The number of nitrogens with one attached hydrogen (secondary N) is 2. The zero-order chi connectivity index (χ0) is 25.2. The Balaban J connectivity index is 1.16. The van der Waals surface area contributed by atoms with Crippen LogP contribution in [0.3, 0.4) is 0 Å². The lowest BCUT2D eigenvalue weighted by Gasteiger charge is -2.39. The molecule has 2 N–H and O–H groups in total. The molecule has 3 aliphatic rings. The van der Waals surface area contributed by atoms with E-state index in [1.807, 2.05) is 69.7 Å². The van der Waals surface area contributed by atoms with Crippen molar-refractivity contribution < 1.29 is 9.59 Å². The highest BCUT2D eigenvalue weighted by atomic mass is 16.2. The van der Waals surface area contributed by atoms with Crippen LogP contribution in [0.25, 0.3) is 0 Å². The van der Waals surface area contributed by atoms with E-state index in [2.05, 4.69) is 26.6 Å². The number of carbonyl (C=O) groups is 2. The number of urea groups is 1. The first-order valence-electron chi connectivity index (χ1n) is 13.2. The summed E-state index contributed by atoms with van der Waals surface area (Å²) in [6, 6.07) is 15.9. The van der Waals surface area contributed by atoms with Crippen LogP contribution >= 0.6 is 0 Å².